The summed E-state index contributed by atoms with van der Waals surface area (Å²) in [5, 5.41) is 4.00. The highest BCUT2D eigenvalue weighted by Gasteiger charge is 2.41. The molecule has 0 spiro atoms. The summed E-state index contributed by atoms with van der Waals surface area (Å²) in [6.45, 7) is 0.524. The van der Waals surface area contributed by atoms with Gasteiger partial charge in [-0.05, 0) is 35.9 Å². The minimum absolute atomic E-state index is 0.0151. The molecule has 1 aliphatic rings. The lowest BCUT2D eigenvalue weighted by Crippen LogP contribution is -2.32. The summed E-state index contributed by atoms with van der Waals surface area (Å²) in [6.07, 6.45) is 2.95. The molecule has 2 atom stereocenters. The molecule has 2 aromatic carbocycles. The number of aryl methyl sites for hydroxylation is 1. The second kappa shape index (κ2) is 7.78. The fourth-order valence-corrected chi connectivity index (χ4v) is 5.25. The molecule has 1 aromatic heterocycles. The van der Waals surface area contributed by atoms with E-state index in [1.807, 2.05) is 12.1 Å². The predicted octanol–water partition coefficient (Wildman–Crippen LogP) is 3.48. The van der Waals surface area contributed by atoms with E-state index < -0.39 is 10.0 Å². The van der Waals surface area contributed by atoms with Crippen molar-refractivity contribution in [2.45, 2.75) is 17.0 Å². The van der Waals surface area contributed by atoms with E-state index in [1.54, 1.807) is 35.9 Å². The maximum Gasteiger partial charge on any atom is 0.262 e. The molecule has 0 saturated carbocycles. The van der Waals surface area contributed by atoms with E-state index in [0.29, 0.717) is 5.02 Å². The minimum atomic E-state index is -3.74. The molecule has 1 fully saturated rings. The lowest BCUT2D eigenvalue weighted by molar-refractivity contribution is 0.468. The van der Waals surface area contributed by atoms with E-state index in [0.717, 1.165) is 11.3 Å². The first kappa shape index (κ1) is 19.9. The number of halogens is 2. The van der Waals surface area contributed by atoms with Crippen molar-refractivity contribution in [1.82, 2.24) is 13.9 Å². The molecule has 152 valence electrons. The number of nitrogens with one attached hydrogen (secondary N) is 1. The molecule has 29 heavy (non-hydrogen) atoms. The third-order valence-electron chi connectivity index (χ3n) is 5.05. The molecule has 6 nitrogen and oxygen atoms in total. The van der Waals surface area contributed by atoms with Crippen molar-refractivity contribution in [2.75, 3.05) is 18.4 Å². The van der Waals surface area contributed by atoms with Gasteiger partial charge in [0.15, 0.2) is 5.03 Å². The van der Waals surface area contributed by atoms with Gasteiger partial charge in [-0.3, -0.25) is 0 Å². The summed E-state index contributed by atoms with van der Waals surface area (Å²) in [7, 11) is -2.02. The number of nitrogens with zero attached hydrogens (tertiary/aromatic N) is 3. The van der Waals surface area contributed by atoms with Crippen molar-refractivity contribution in [3.8, 4) is 0 Å². The number of anilines is 1. The van der Waals surface area contributed by atoms with Crippen LogP contribution in [0.25, 0.3) is 0 Å². The molecule has 9 heteroatoms. The van der Waals surface area contributed by atoms with Crippen LogP contribution < -0.4 is 5.32 Å². The second-order valence-corrected chi connectivity index (χ2v) is 9.44. The highest BCUT2D eigenvalue weighted by atomic mass is 35.5. The summed E-state index contributed by atoms with van der Waals surface area (Å²) in [6, 6.07) is 13.2. The molecule has 0 radical (unpaired) electrons. The van der Waals surface area contributed by atoms with Gasteiger partial charge in [0.25, 0.3) is 10.0 Å². The lowest BCUT2D eigenvalue weighted by Gasteiger charge is -2.21. The van der Waals surface area contributed by atoms with Crippen molar-refractivity contribution in [1.29, 1.82) is 0 Å². The molecule has 0 amide bonds. The molecule has 0 bridgehead atoms. The van der Waals surface area contributed by atoms with Gasteiger partial charge in [-0.1, -0.05) is 29.8 Å². The zero-order valence-electron chi connectivity index (χ0n) is 15.7. The highest BCUT2D eigenvalue weighted by molar-refractivity contribution is 7.89. The first-order chi connectivity index (χ1) is 13.8. The number of rotatable bonds is 5. The fourth-order valence-electron chi connectivity index (χ4n) is 3.60. The Hall–Kier alpha value is -2.42. The van der Waals surface area contributed by atoms with Gasteiger partial charge in [0.1, 0.15) is 5.82 Å². The molecule has 0 aliphatic carbocycles. The molecule has 0 unspecified atom stereocenters. The quantitative estimate of drug-likeness (QED) is 0.667. The van der Waals surface area contributed by atoms with Crippen LogP contribution in [0, 0.1) is 5.82 Å². The van der Waals surface area contributed by atoms with Crippen LogP contribution in [-0.4, -0.2) is 41.4 Å². The topological polar surface area (TPSA) is 67.2 Å². The zero-order chi connectivity index (χ0) is 20.6. The van der Waals surface area contributed by atoms with Crippen LogP contribution >= 0.6 is 11.6 Å². The van der Waals surface area contributed by atoms with Crippen molar-refractivity contribution >= 4 is 27.3 Å². The minimum Gasteiger partial charge on any atom is -0.380 e. The normalized spacial score (nSPS) is 20.1. The van der Waals surface area contributed by atoms with Gasteiger partial charge in [-0.25, -0.2) is 17.8 Å². The van der Waals surface area contributed by atoms with Crippen LogP contribution in [-0.2, 0) is 17.1 Å². The standard InChI is InChI=1S/C20H20ClFN4O2S/c1-25-12-20(23-13-25)29(27,28)26-10-18(14-5-7-16(22)8-6-14)19(11-26)24-17-4-2-3-15(21)9-17/h2-9,12-13,18-19,24H,10-11H2,1H3/t18-,19+/m1/s1. The smallest absolute Gasteiger partial charge is 0.262 e. The van der Waals surface area contributed by atoms with Crippen molar-refractivity contribution in [2.24, 2.45) is 7.05 Å². The molecule has 3 aromatic rings. The van der Waals surface area contributed by atoms with Crippen LogP contribution in [0.1, 0.15) is 11.5 Å². The van der Waals surface area contributed by atoms with Gasteiger partial charge >= 0.3 is 0 Å². The summed E-state index contributed by atoms with van der Waals surface area (Å²) in [5.74, 6) is -0.489. The monoisotopic (exact) mass is 434 g/mol. The molecule has 1 aliphatic heterocycles. The average Bonchev–Trinajstić information content (AvgIpc) is 3.30. The molecular weight excluding hydrogens is 415 g/mol. The Morgan fingerprint density at radius 3 is 2.59 bits per heavy atom. The van der Waals surface area contributed by atoms with Gasteiger partial charge < -0.3 is 9.88 Å². The number of hydrogen-bond donors (Lipinski definition) is 1. The first-order valence-corrected chi connectivity index (χ1v) is 10.9. The van der Waals surface area contributed by atoms with Gasteiger partial charge in [0.05, 0.1) is 6.33 Å². The molecule has 2 heterocycles. The Labute approximate surface area is 174 Å². The van der Waals surface area contributed by atoms with E-state index in [-0.39, 0.29) is 35.9 Å². The number of hydrogen-bond acceptors (Lipinski definition) is 4. The van der Waals surface area contributed by atoms with E-state index in [1.165, 1.54) is 29.0 Å². The fraction of sp³-hybridized carbons (Fsp3) is 0.250. The number of imidazole rings is 1. The molecule has 1 N–H and O–H groups in total. The van der Waals surface area contributed by atoms with Gasteiger partial charge in [-0.15, -0.1) is 0 Å². The third-order valence-corrected chi connectivity index (χ3v) is 7.00. The third kappa shape index (κ3) is 4.14. The van der Waals surface area contributed by atoms with E-state index >= 15 is 0 Å². The largest absolute Gasteiger partial charge is 0.380 e. The second-order valence-electron chi connectivity index (χ2n) is 7.12. The highest BCUT2D eigenvalue weighted by Crippen LogP contribution is 2.33. The Morgan fingerprint density at radius 2 is 1.93 bits per heavy atom. The molecule has 4 rings (SSSR count). The Bertz CT molecular complexity index is 1120. The molecular formula is C20H20ClFN4O2S. The lowest BCUT2D eigenvalue weighted by atomic mass is 9.94. The van der Waals surface area contributed by atoms with Crippen molar-refractivity contribution in [3.05, 3.63) is 77.5 Å². The zero-order valence-corrected chi connectivity index (χ0v) is 17.2. The summed E-state index contributed by atoms with van der Waals surface area (Å²) < 4.78 is 42.6. The van der Waals surface area contributed by atoms with Gasteiger partial charge in [-0.2, -0.15) is 4.31 Å². The average molecular weight is 435 g/mol. The van der Waals surface area contributed by atoms with Crippen molar-refractivity contribution in [3.63, 3.8) is 0 Å². The van der Waals surface area contributed by atoms with Gasteiger partial charge in [0.2, 0.25) is 0 Å². The van der Waals surface area contributed by atoms with Crippen LogP contribution in [0.5, 0.6) is 0 Å². The van der Waals surface area contributed by atoms with Crippen LogP contribution in [0.15, 0.2) is 66.1 Å². The Balaban J connectivity index is 1.66. The van der Waals surface area contributed by atoms with E-state index in [9.17, 15) is 12.8 Å². The maximum atomic E-state index is 13.4. The first-order valence-electron chi connectivity index (χ1n) is 9.08. The Morgan fingerprint density at radius 1 is 1.17 bits per heavy atom. The number of aromatic nitrogens is 2. The number of sulfonamides is 1. The number of benzene rings is 2. The summed E-state index contributed by atoms with van der Waals surface area (Å²) in [4.78, 5) is 4.01. The van der Waals surface area contributed by atoms with Crippen molar-refractivity contribution < 1.29 is 12.8 Å². The van der Waals surface area contributed by atoms with Crippen LogP contribution in [0.3, 0.4) is 0 Å². The van der Waals surface area contributed by atoms with E-state index in [2.05, 4.69) is 10.3 Å². The Kier molecular flexibility index (Phi) is 5.33. The predicted molar refractivity (Wildman–Crippen MR) is 110 cm³/mol. The van der Waals surface area contributed by atoms with Crippen LogP contribution in [0.4, 0.5) is 10.1 Å². The summed E-state index contributed by atoms with van der Waals surface area (Å²) >= 11 is 6.09. The SMILES string of the molecule is Cn1cnc(S(=O)(=O)N2C[C@H](Nc3cccc(Cl)c3)[C@@H](c3ccc(F)cc3)C2)c1. The maximum absolute atomic E-state index is 13.4. The molecule has 1 saturated heterocycles. The van der Waals surface area contributed by atoms with Crippen LogP contribution in [0.2, 0.25) is 5.02 Å². The summed E-state index contributed by atoms with van der Waals surface area (Å²) in [5.41, 5.74) is 1.66. The van der Waals surface area contributed by atoms with E-state index in [4.69, 9.17) is 11.6 Å². The van der Waals surface area contributed by atoms with Gasteiger partial charge in [0, 0.05) is 49.0 Å².